The summed E-state index contributed by atoms with van der Waals surface area (Å²) in [5.74, 6) is 0.176. The normalized spacial score (nSPS) is 31.5. The number of halogens is 1. The number of aromatic nitrogens is 3. The second-order valence-corrected chi connectivity index (χ2v) is 5.07. The maximum Gasteiger partial charge on any atom is 0.230 e. The lowest BCUT2D eigenvalue weighted by Gasteiger charge is -2.22. The van der Waals surface area contributed by atoms with E-state index in [0.717, 1.165) is 0 Å². The number of anilines is 1. The van der Waals surface area contributed by atoms with Crippen molar-refractivity contribution in [1.29, 1.82) is 5.26 Å². The fourth-order valence-corrected chi connectivity index (χ4v) is 2.74. The molecule has 0 saturated carbocycles. The summed E-state index contributed by atoms with van der Waals surface area (Å²) in [5, 5.41) is 32.4. The van der Waals surface area contributed by atoms with Crippen LogP contribution in [0.1, 0.15) is 12.1 Å². The van der Waals surface area contributed by atoms with E-state index in [0.29, 0.717) is 5.52 Å². The van der Waals surface area contributed by atoms with E-state index in [1.807, 2.05) is 0 Å². The Hall–Kier alpha value is -2.28. The van der Waals surface area contributed by atoms with Gasteiger partial charge in [0.2, 0.25) is 5.60 Å². The lowest BCUT2D eigenvalue weighted by molar-refractivity contribution is -0.0438. The fourth-order valence-electron chi connectivity index (χ4n) is 2.74. The molecule has 3 heterocycles. The number of aliphatic hydroxyl groups excluding tert-OH is 2. The van der Waals surface area contributed by atoms with E-state index in [-0.39, 0.29) is 24.5 Å². The Kier molecular flexibility index (Phi) is 3.44. The number of hydrogen-bond acceptors (Lipinski definition) is 7. The predicted octanol–water partition coefficient (Wildman–Crippen LogP) is -0.489. The molecule has 0 spiro atoms. The number of fused-ring (bicyclic) bond motifs is 1. The van der Waals surface area contributed by atoms with Crippen LogP contribution in [0.5, 0.6) is 0 Å². The Balaban J connectivity index is 2.14. The Labute approximate surface area is 124 Å². The van der Waals surface area contributed by atoms with Gasteiger partial charge in [-0.1, -0.05) is 0 Å². The van der Waals surface area contributed by atoms with Crippen molar-refractivity contribution >= 4 is 11.3 Å². The van der Waals surface area contributed by atoms with E-state index in [2.05, 4.69) is 10.1 Å². The van der Waals surface area contributed by atoms with Crippen LogP contribution < -0.4 is 5.73 Å². The van der Waals surface area contributed by atoms with Gasteiger partial charge in [0.1, 0.15) is 24.0 Å². The van der Waals surface area contributed by atoms with Gasteiger partial charge in [-0.15, -0.1) is 0 Å². The van der Waals surface area contributed by atoms with Crippen LogP contribution in [0.15, 0.2) is 18.5 Å². The first-order chi connectivity index (χ1) is 10.5. The molecule has 9 heteroatoms. The number of rotatable bonds is 3. The van der Waals surface area contributed by atoms with Crippen LogP contribution in [-0.4, -0.2) is 49.8 Å². The summed E-state index contributed by atoms with van der Waals surface area (Å²) in [6.07, 6.45) is -3.28. The van der Waals surface area contributed by atoms with Crippen molar-refractivity contribution in [3.05, 3.63) is 24.2 Å². The minimum Gasteiger partial charge on any atom is -0.396 e. The first-order valence-corrected chi connectivity index (χ1v) is 6.66. The van der Waals surface area contributed by atoms with Crippen LogP contribution in [0.2, 0.25) is 0 Å². The van der Waals surface area contributed by atoms with Gasteiger partial charge in [-0.2, -0.15) is 10.4 Å². The van der Waals surface area contributed by atoms with E-state index in [1.165, 1.54) is 16.9 Å². The fraction of sp³-hybridized carbons (Fsp3) is 0.462. The van der Waals surface area contributed by atoms with Gasteiger partial charge in [0.05, 0.1) is 11.8 Å². The van der Waals surface area contributed by atoms with Crippen LogP contribution in [-0.2, 0) is 10.3 Å². The average molecular weight is 307 g/mol. The smallest absolute Gasteiger partial charge is 0.230 e. The van der Waals surface area contributed by atoms with Crippen molar-refractivity contribution in [3.63, 3.8) is 0 Å². The van der Waals surface area contributed by atoms with Gasteiger partial charge in [0, 0.05) is 6.61 Å². The molecule has 3 rings (SSSR count). The summed E-state index contributed by atoms with van der Waals surface area (Å²) in [7, 11) is 0. The molecule has 1 aliphatic heterocycles. The molecule has 0 radical (unpaired) electrons. The van der Waals surface area contributed by atoms with Crippen molar-refractivity contribution in [2.24, 2.45) is 0 Å². The lowest BCUT2D eigenvalue weighted by Crippen LogP contribution is -2.37. The summed E-state index contributed by atoms with van der Waals surface area (Å²) in [5.41, 5.74) is 4.22. The highest BCUT2D eigenvalue weighted by Crippen LogP contribution is 2.42. The van der Waals surface area contributed by atoms with Gasteiger partial charge in [-0.05, 0) is 18.6 Å². The number of nitrogens with two attached hydrogens (primary N) is 1. The Morgan fingerprint density at radius 3 is 3.00 bits per heavy atom. The highest BCUT2D eigenvalue weighted by atomic mass is 19.1. The maximum atomic E-state index is 14.6. The van der Waals surface area contributed by atoms with Gasteiger partial charge in [0.25, 0.3) is 0 Å². The standard InChI is InChI=1S/C13H14FN5O3/c14-11-10(21)8(3-4-20)22-13(11,5-15)9-2-1-7-12(16)17-6-18-19(7)9/h1-2,6,8,10-11,20-21H,3-4H2,(H2,16,17,18)/t8-,10-,11-,13+/m1/s1. The summed E-state index contributed by atoms with van der Waals surface area (Å²) in [4.78, 5) is 3.82. The van der Waals surface area contributed by atoms with E-state index >= 15 is 0 Å². The summed E-state index contributed by atoms with van der Waals surface area (Å²) in [6, 6.07) is 4.81. The molecular formula is C13H14FN5O3. The average Bonchev–Trinajstić information content (AvgIpc) is 3.05. The van der Waals surface area contributed by atoms with Crippen LogP contribution in [0.3, 0.4) is 0 Å². The van der Waals surface area contributed by atoms with Gasteiger partial charge in [-0.25, -0.2) is 13.9 Å². The zero-order chi connectivity index (χ0) is 15.9. The molecule has 22 heavy (non-hydrogen) atoms. The monoisotopic (exact) mass is 307 g/mol. The van der Waals surface area contributed by atoms with Gasteiger partial charge < -0.3 is 20.7 Å². The number of hydrogen-bond donors (Lipinski definition) is 3. The zero-order valence-electron chi connectivity index (χ0n) is 11.4. The number of nitriles is 1. The van der Waals surface area contributed by atoms with E-state index < -0.39 is 24.0 Å². The van der Waals surface area contributed by atoms with Crippen LogP contribution in [0, 0.1) is 11.3 Å². The van der Waals surface area contributed by atoms with Crippen molar-refractivity contribution in [3.8, 4) is 6.07 Å². The number of ether oxygens (including phenoxy) is 1. The highest BCUT2D eigenvalue weighted by Gasteiger charge is 2.58. The number of nitrogens with zero attached hydrogens (tertiary/aromatic N) is 4. The molecule has 8 nitrogen and oxygen atoms in total. The molecule has 0 aromatic carbocycles. The molecule has 1 saturated heterocycles. The second kappa shape index (κ2) is 5.17. The topological polar surface area (TPSA) is 130 Å². The molecule has 116 valence electrons. The molecule has 4 N–H and O–H groups in total. The predicted molar refractivity (Wildman–Crippen MR) is 72.2 cm³/mol. The van der Waals surface area contributed by atoms with Crippen LogP contribution >= 0.6 is 0 Å². The lowest BCUT2D eigenvalue weighted by atomic mass is 9.93. The van der Waals surface area contributed by atoms with Gasteiger partial charge in [-0.3, -0.25) is 0 Å². The quantitative estimate of drug-likeness (QED) is 0.697. The summed E-state index contributed by atoms with van der Waals surface area (Å²) >= 11 is 0. The third-order valence-electron chi connectivity index (χ3n) is 3.85. The number of aliphatic hydroxyl groups is 2. The van der Waals surface area contributed by atoms with Crippen molar-refractivity contribution < 1.29 is 19.3 Å². The molecule has 2 aromatic rings. The molecule has 0 bridgehead atoms. The Morgan fingerprint density at radius 1 is 1.55 bits per heavy atom. The summed E-state index contributed by atoms with van der Waals surface area (Å²) in [6.45, 7) is -0.292. The molecule has 0 amide bonds. The van der Waals surface area contributed by atoms with Crippen molar-refractivity contribution in [2.45, 2.75) is 30.4 Å². The molecule has 1 fully saturated rings. The third kappa shape index (κ3) is 1.85. The first-order valence-electron chi connectivity index (χ1n) is 6.66. The van der Waals surface area contributed by atoms with Gasteiger partial charge in [0.15, 0.2) is 12.0 Å². The van der Waals surface area contributed by atoms with E-state index in [9.17, 15) is 14.8 Å². The van der Waals surface area contributed by atoms with Crippen LogP contribution in [0.25, 0.3) is 5.52 Å². The molecule has 0 aliphatic carbocycles. The molecule has 4 atom stereocenters. The molecule has 1 aliphatic rings. The maximum absolute atomic E-state index is 14.6. The third-order valence-corrected chi connectivity index (χ3v) is 3.85. The second-order valence-electron chi connectivity index (χ2n) is 5.07. The largest absolute Gasteiger partial charge is 0.396 e. The van der Waals surface area contributed by atoms with E-state index in [4.69, 9.17) is 15.6 Å². The summed E-state index contributed by atoms with van der Waals surface area (Å²) < 4.78 is 21.4. The SMILES string of the molecule is N#C[C@@]1(c2ccc3c(N)ncnn23)O[C@H](CCO)[C@@H](O)[C@H]1F. The zero-order valence-corrected chi connectivity index (χ0v) is 11.4. The Bertz CT molecular complexity index is 745. The minimum atomic E-state index is -2.02. The van der Waals surface area contributed by atoms with Crippen LogP contribution in [0.4, 0.5) is 10.2 Å². The van der Waals surface area contributed by atoms with Crippen molar-refractivity contribution in [2.75, 3.05) is 12.3 Å². The number of alkyl halides is 1. The van der Waals surface area contributed by atoms with Gasteiger partial charge >= 0.3 is 0 Å². The highest BCUT2D eigenvalue weighted by molar-refractivity contribution is 5.66. The first kappa shape index (κ1) is 14.6. The molecular weight excluding hydrogens is 293 g/mol. The van der Waals surface area contributed by atoms with E-state index in [1.54, 1.807) is 12.1 Å². The Morgan fingerprint density at radius 2 is 2.32 bits per heavy atom. The molecule has 2 aromatic heterocycles. The number of nitrogen functional groups attached to an aromatic ring is 1. The van der Waals surface area contributed by atoms with Crippen molar-refractivity contribution in [1.82, 2.24) is 14.6 Å². The molecule has 0 unspecified atom stereocenters. The minimum absolute atomic E-state index is 0.0193.